The molecule has 0 saturated carbocycles. The average Bonchev–Trinajstić information content (AvgIpc) is 2.31. The maximum atomic E-state index is 12.1. The molecule has 0 rings (SSSR count). The van der Waals surface area contributed by atoms with Crippen LogP contribution in [0.1, 0.15) is 48.0 Å². The topological polar surface area (TPSA) is 111 Å². The van der Waals surface area contributed by atoms with E-state index in [4.69, 9.17) is 9.47 Å². The Labute approximate surface area is 136 Å². The highest BCUT2D eigenvalue weighted by atomic mass is 16.6. The van der Waals surface area contributed by atoms with Crippen LogP contribution < -0.4 is 10.6 Å². The predicted molar refractivity (Wildman–Crippen MR) is 81.9 cm³/mol. The molecule has 0 spiro atoms. The minimum absolute atomic E-state index is 0.364. The number of amides is 2. The second-order valence-corrected chi connectivity index (χ2v) is 6.90. The van der Waals surface area contributed by atoms with E-state index in [0.717, 1.165) is 0 Å². The van der Waals surface area contributed by atoms with Crippen LogP contribution in [0.4, 0.5) is 0 Å². The van der Waals surface area contributed by atoms with Crippen LogP contribution in [0.2, 0.25) is 0 Å². The van der Waals surface area contributed by atoms with Crippen molar-refractivity contribution in [1.29, 1.82) is 0 Å². The fourth-order valence-corrected chi connectivity index (χ4v) is 1.48. The van der Waals surface area contributed by atoms with E-state index in [-0.39, 0.29) is 13.0 Å². The first-order valence-corrected chi connectivity index (χ1v) is 7.18. The Morgan fingerprint density at radius 1 is 1.00 bits per heavy atom. The van der Waals surface area contributed by atoms with Crippen LogP contribution in [0.3, 0.4) is 0 Å². The summed E-state index contributed by atoms with van der Waals surface area (Å²) in [5.41, 5.74) is -1.49. The molecule has 0 heterocycles. The van der Waals surface area contributed by atoms with Crippen LogP contribution in [0.15, 0.2) is 0 Å². The van der Waals surface area contributed by atoms with Gasteiger partial charge in [0.05, 0.1) is 13.0 Å². The monoisotopic (exact) mass is 329 g/mol. The summed E-state index contributed by atoms with van der Waals surface area (Å²) in [6.07, 6.45) is 0.970. The van der Waals surface area contributed by atoms with Gasteiger partial charge in [-0.1, -0.05) is 0 Å². The number of ether oxygens (including phenoxy) is 2. The Balaban J connectivity index is 4.92. The number of nitrogens with one attached hydrogen (secondary N) is 2. The second-order valence-electron chi connectivity index (χ2n) is 6.90. The smallest absolute Gasteiger partial charge is 0.329 e. The van der Waals surface area contributed by atoms with Gasteiger partial charge in [-0.25, -0.2) is 4.79 Å². The summed E-state index contributed by atoms with van der Waals surface area (Å²) in [7, 11) is 0. The minimum Gasteiger partial charge on any atom is -0.460 e. The third kappa shape index (κ3) is 11.1. The van der Waals surface area contributed by atoms with Crippen molar-refractivity contribution < 1.29 is 28.7 Å². The van der Waals surface area contributed by atoms with E-state index in [0.29, 0.717) is 0 Å². The molecule has 1 unspecified atom stereocenters. The average molecular weight is 329 g/mol. The first-order valence-electron chi connectivity index (χ1n) is 7.18. The fraction of sp³-hybridized carbons (Fsp3) is 0.733. The number of hydrogen-bond donors (Lipinski definition) is 2. The minimum atomic E-state index is -1.20. The Kier molecular flexibility index (Phi) is 7.71. The molecule has 0 aromatic rings. The summed E-state index contributed by atoms with van der Waals surface area (Å²) < 4.78 is 10.3. The largest absolute Gasteiger partial charge is 0.460 e. The van der Waals surface area contributed by atoms with Crippen molar-refractivity contribution in [2.45, 2.75) is 65.2 Å². The summed E-state index contributed by atoms with van der Waals surface area (Å²) in [5, 5.41) is 4.38. The third-order valence-corrected chi connectivity index (χ3v) is 2.14. The molecule has 0 aliphatic rings. The Hall–Kier alpha value is -2.12. The van der Waals surface area contributed by atoms with Crippen molar-refractivity contribution in [3.05, 3.63) is 0 Å². The van der Waals surface area contributed by atoms with Crippen LogP contribution >= 0.6 is 0 Å². The van der Waals surface area contributed by atoms with E-state index >= 15 is 0 Å². The molecule has 23 heavy (non-hydrogen) atoms. The van der Waals surface area contributed by atoms with Gasteiger partial charge < -0.3 is 20.1 Å². The Bertz CT molecular complexity index is 448. The number of hydrogen-bond acceptors (Lipinski definition) is 6. The molecule has 0 fully saturated rings. The van der Waals surface area contributed by atoms with Crippen LogP contribution in [-0.2, 0) is 28.7 Å². The highest BCUT2D eigenvalue weighted by Gasteiger charge is 2.30. The first kappa shape index (κ1) is 20.9. The maximum Gasteiger partial charge on any atom is 0.329 e. The highest BCUT2D eigenvalue weighted by molar-refractivity contribution is 5.89. The van der Waals surface area contributed by atoms with Crippen molar-refractivity contribution in [2.24, 2.45) is 0 Å². The quantitative estimate of drug-likeness (QED) is 0.510. The first-order chi connectivity index (χ1) is 10.3. The van der Waals surface area contributed by atoms with Crippen LogP contribution in [-0.4, -0.2) is 48.0 Å². The van der Waals surface area contributed by atoms with Crippen LogP contribution in [0, 0.1) is 0 Å². The van der Waals surface area contributed by atoms with E-state index < -0.39 is 35.1 Å². The van der Waals surface area contributed by atoms with E-state index in [2.05, 4.69) is 5.32 Å². The highest BCUT2D eigenvalue weighted by Crippen LogP contribution is 2.13. The van der Waals surface area contributed by atoms with E-state index in [1.54, 1.807) is 41.5 Å². The van der Waals surface area contributed by atoms with Gasteiger partial charge in [-0.05, 0) is 41.5 Å². The lowest BCUT2D eigenvalue weighted by Gasteiger charge is -2.25. The summed E-state index contributed by atoms with van der Waals surface area (Å²) >= 11 is 0. The molecule has 2 N–H and O–H groups in total. The molecular formula is C15H25N2O6. The zero-order chi connectivity index (χ0) is 18.3. The summed E-state index contributed by atoms with van der Waals surface area (Å²) in [6.45, 7) is 9.71. The molecule has 0 aromatic heterocycles. The molecule has 1 atom stereocenters. The zero-order valence-electron chi connectivity index (χ0n) is 14.4. The van der Waals surface area contributed by atoms with Gasteiger partial charge in [0.15, 0.2) is 0 Å². The predicted octanol–water partition coefficient (Wildman–Crippen LogP) is 0.202. The fourth-order valence-electron chi connectivity index (χ4n) is 1.48. The van der Waals surface area contributed by atoms with Gasteiger partial charge in [0.25, 0.3) is 0 Å². The van der Waals surface area contributed by atoms with Gasteiger partial charge in [0, 0.05) is 0 Å². The Morgan fingerprint density at radius 3 is 1.96 bits per heavy atom. The summed E-state index contributed by atoms with van der Waals surface area (Å²) in [4.78, 5) is 45.7. The summed E-state index contributed by atoms with van der Waals surface area (Å²) in [5.74, 6) is -2.05. The lowest BCUT2D eigenvalue weighted by Crippen LogP contribution is -2.48. The third-order valence-electron chi connectivity index (χ3n) is 2.14. The molecule has 0 aromatic carbocycles. The van der Waals surface area contributed by atoms with Gasteiger partial charge >= 0.3 is 18.3 Å². The molecule has 0 bridgehead atoms. The normalized spacial score (nSPS) is 12.8. The molecule has 0 aliphatic heterocycles. The Morgan fingerprint density at radius 2 is 1.52 bits per heavy atom. The number of carbonyl (C=O) groups excluding carboxylic acids is 4. The number of carbonyl (C=O) groups is 3. The molecule has 1 radical (unpaired) electrons. The molecular weight excluding hydrogens is 304 g/mol. The summed E-state index contributed by atoms with van der Waals surface area (Å²) in [6, 6.07) is -1.20. The number of rotatable bonds is 7. The van der Waals surface area contributed by atoms with Crippen molar-refractivity contribution in [3.63, 3.8) is 0 Å². The standard InChI is InChI=1S/C15H25N2O6/c1-14(2,3)22-12(20)7-10(13(21)23-15(4,5)6)17-11(19)8-16-9-18/h10H,7-8H2,1-6H3,(H,16,18)(H,17,19). The van der Waals surface area contributed by atoms with E-state index in [9.17, 15) is 19.2 Å². The van der Waals surface area contributed by atoms with Crippen LogP contribution in [0.5, 0.6) is 0 Å². The van der Waals surface area contributed by atoms with Gasteiger partial charge in [-0.3, -0.25) is 14.4 Å². The van der Waals surface area contributed by atoms with Crippen LogP contribution in [0.25, 0.3) is 0 Å². The van der Waals surface area contributed by atoms with Crippen molar-refractivity contribution in [3.8, 4) is 0 Å². The number of esters is 2. The van der Waals surface area contributed by atoms with E-state index in [1.165, 1.54) is 6.41 Å². The van der Waals surface area contributed by atoms with Gasteiger partial charge in [-0.2, -0.15) is 0 Å². The molecule has 2 amide bonds. The van der Waals surface area contributed by atoms with Crippen molar-refractivity contribution in [1.82, 2.24) is 10.6 Å². The SMILES string of the molecule is CC(C)(C)OC(=O)CC(NC(=O)CN[C]=O)C(=O)OC(C)(C)C. The lowest BCUT2D eigenvalue weighted by molar-refractivity contribution is -0.165. The van der Waals surface area contributed by atoms with Crippen molar-refractivity contribution in [2.75, 3.05) is 6.54 Å². The molecule has 0 saturated heterocycles. The van der Waals surface area contributed by atoms with Gasteiger partial charge in [0.1, 0.15) is 17.2 Å². The lowest BCUT2D eigenvalue weighted by atomic mass is 10.1. The molecule has 131 valence electrons. The molecule has 8 nitrogen and oxygen atoms in total. The van der Waals surface area contributed by atoms with Gasteiger partial charge in [-0.15, -0.1) is 0 Å². The molecule has 8 heteroatoms. The van der Waals surface area contributed by atoms with Gasteiger partial charge in [0.2, 0.25) is 5.91 Å². The second kappa shape index (κ2) is 8.50. The zero-order valence-corrected chi connectivity index (χ0v) is 14.4. The van der Waals surface area contributed by atoms with E-state index in [1.807, 2.05) is 5.32 Å². The molecule has 0 aliphatic carbocycles. The maximum absolute atomic E-state index is 12.1. The van der Waals surface area contributed by atoms with Crippen molar-refractivity contribution >= 4 is 24.3 Å².